The molecule has 1 aromatic rings. The smallest absolute Gasteiger partial charge is 0.228 e. The van der Waals surface area contributed by atoms with E-state index < -0.39 is 6.10 Å². The molecule has 3 unspecified atom stereocenters. The Morgan fingerprint density at radius 2 is 2.23 bits per heavy atom. The minimum Gasteiger partial charge on any atom is -0.392 e. The van der Waals surface area contributed by atoms with Crippen LogP contribution in [-0.4, -0.2) is 41.7 Å². The van der Waals surface area contributed by atoms with Gasteiger partial charge in [-0.15, -0.1) is 0 Å². The first kappa shape index (κ1) is 15.4. The van der Waals surface area contributed by atoms with Crippen molar-refractivity contribution in [1.82, 2.24) is 4.90 Å². The van der Waals surface area contributed by atoms with E-state index in [4.69, 9.17) is 4.74 Å². The third-order valence-corrected chi connectivity index (χ3v) is 4.73. The molecule has 0 bridgehead atoms. The maximum absolute atomic E-state index is 13.4. The summed E-state index contributed by atoms with van der Waals surface area (Å²) in [6, 6.07) is 4.93. The number of aliphatic hydroxyl groups excluding tert-OH is 1. The second-order valence-corrected chi connectivity index (χ2v) is 6.26. The topological polar surface area (TPSA) is 49.8 Å². The van der Waals surface area contributed by atoms with Crippen LogP contribution in [0.15, 0.2) is 18.2 Å². The van der Waals surface area contributed by atoms with Crippen molar-refractivity contribution in [3.63, 3.8) is 0 Å². The van der Waals surface area contributed by atoms with Crippen molar-refractivity contribution in [3.05, 3.63) is 35.1 Å². The van der Waals surface area contributed by atoms with Crippen LogP contribution < -0.4 is 0 Å². The standard InChI is InChI=1S/C17H22FNO3/c1-11-9-12(5-6-14(11)18)16-10-19(7-8-22-16)17(21)13-3-2-4-15(13)20/h5-6,9,13,15-16,20H,2-4,7-8,10H2,1H3. The molecule has 1 saturated heterocycles. The summed E-state index contributed by atoms with van der Waals surface area (Å²) in [6.07, 6.45) is 1.64. The number of carbonyl (C=O) groups excluding carboxylic acids is 1. The van der Waals surface area contributed by atoms with Gasteiger partial charge in [-0.05, 0) is 43.4 Å². The van der Waals surface area contributed by atoms with Gasteiger partial charge in [-0.1, -0.05) is 12.1 Å². The monoisotopic (exact) mass is 307 g/mol. The fourth-order valence-corrected chi connectivity index (χ4v) is 3.38. The largest absolute Gasteiger partial charge is 0.392 e. The molecule has 2 fully saturated rings. The number of nitrogens with zero attached hydrogens (tertiary/aromatic N) is 1. The van der Waals surface area contributed by atoms with Crippen LogP contribution in [0.25, 0.3) is 0 Å². The molecule has 120 valence electrons. The van der Waals surface area contributed by atoms with Crippen LogP contribution in [0.3, 0.4) is 0 Å². The van der Waals surface area contributed by atoms with E-state index in [9.17, 15) is 14.3 Å². The van der Waals surface area contributed by atoms with Gasteiger partial charge in [0.15, 0.2) is 0 Å². The predicted molar refractivity (Wildman–Crippen MR) is 79.8 cm³/mol. The van der Waals surface area contributed by atoms with E-state index in [0.717, 1.165) is 18.4 Å². The number of rotatable bonds is 2. The molecule has 1 aliphatic heterocycles. The Balaban J connectivity index is 1.71. The number of carbonyl (C=O) groups is 1. The lowest BCUT2D eigenvalue weighted by atomic mass is 10.0. The molecule has 1 amide bonds. The van der Waals surface area contributed by atoms with Crippen molar-refractivity contribution in [2.45, 2.75) is 38.4 Å². The average Bonchev–Trinajstić information content (AvgIpc) is 2.95. The molecule has 0 radical (unpaired) electrons. The number of amides is 1. The quantitative estimate of drug-likeness (QED) is 0.911. The minimum atomic E-state index is -0.512. The highest BCUT2D eigenvalue weighted by Gasteiger charge is 2.36. The Kier molecular flexibility index (Phi) is 4.45. The van der Waals surface area contributed by atoms with Crippen LogP contribution >= 0.6 is 0 Å². The third-order valence-electron chi connectivity index (χ3n) is 4.73. The molecular weight excluding hydrogens is 285 g/mol. The lowest BCUT2D eigenvalue weighted by molar-refractivity contribution is -0.146. The van der Waals surface area contributed by atoms with Gasteiger partial charge in [0.05, 0.1) is 25.2 Å². The zero-order valence-electron chi connectivity index (χ0n) is 12.8. The molecule has 2 aliphatic rings. The van der Waals surface area contributed by atoms with Gasteiger partial charge < -0.3 is 14.7 Å². The van der Waals surface area contributed by atoms with Crippen molar-refractivity contribution < 1.29 is 19.0 Å². The van der Waals surface area contributed by atoms with E-state index >= 15 is 0 Å². The molecule has 1 aliphatic carbocycles. The summed E-state index contributed by atoms with van der Waals surface area (Å²) in [5.41, 5.74) is 1.47. The maximum Gasteiger partial charge on any atom is 0.228 e. The summed E-state index contributed by atoms with van der Waals surface area (Å²) >= 11 is 0. The summed E-state index contributed by atoms with van der Waals surface area (Å²) in [5, 5.41) is 9.92. The van der Waals surface area contributed by atoms with E-state index in [1.54, 1.807) is 24.0 Å². The number of ether oxygens (including phenoxy) is 1. The normalized spacial score (nSPS) is 28.9. The molecule has 1 aromatic carbocycles. The molecule has 0 spiro atoms. The average molecular weight is 307 g/mol. The molecule has 4 nitrogen and oxygen atoms in total. The van der Waals surface area contributed by atoms with E-state index in [0.29, 0.717) is 31.7 Å². The molecule has 1 saturated carbocycles. The minimum absolute atomic E-state index is 0.0251. The van der Waals surface area contributed by atoms with Gasteiger partial charge in [-0.2, -0.15) is 0 Å². The van der Waals surface area contributed by atoms with Crippen molar-refractivity contribution in [3.8, 4) is 0 Å². The van der Waals surface area contributed by atoms with E-state index in [1.807, 2.05) is 0 Å². The van der Waals surface area contributed by atoms with Crippen LogP contribution in [0, 0.1) is 18.7 Å². The van der Waals surface area contributed by atoms with Crippen molar-refractivity contribution >= 4 is 5.91 Å². The number of hydrogen-bond donors (Lipinski definition) is 1. The molecule has 1 N–H and O–H groups in total. The fourth-order valence-electron chi connectivity index (χ4n) is 3.38. The van der Waals surface area contributed by atoms with E-state index in [1.165, 1.54) is 6.07 Å². The zero-order chi connectivity index (χ0) is 15.7. The molecule has 3 rings (SSSR count). The first-order chi connectivity index (χ1) is 10.6. The van der Waals surface area contributed by atoms with Gasteiger partial charge in [-0.25, -0.2) is 4.39 Å². The molecular formula is C17H22FNO3. The number of hydrogen-bond acceptors (Lipinski definition) is 3. The highest BCUT2D eigenvalue weighted by Crippen LogP contribution is 2.30. The van der Waals surface area contributed by atoms with E-state index in [-0.39, 0.29) is 23.7 Å². The number of halogens is 1. The van der Waals surface area contributed by atoms with Crippen LogP contribution in [0.2, 0.25) is 0 Å². The highest BCUT2D eigenvalue weighted by molar-refractivity contribution is 5.80. The van der Waals surface area contributed by atoms with Gasteiger partial charge in [0.1, 0.15) is 11.9 Å². The molecule has 1 heterocycles. The summed E-state index contributed by atoms with van der Waals surface area (Å²) < 4.78 is 19.1. The van der Waals surface area contributed by atoms with Gasteiger partial charge in [0.25, 0.3) is 0 Å². The molecule has 22 heavy (non-hydrogen) atoms. The van der Waals surface area contributed by atoms with Gasteiger partial charge >= 0.3 is 0 Å². The summed E-state index contributed by atoms with van der Waals surface area (Å²) in [4.78, 5) is 14.3. The Morgan fingerprint density at radius 3 is 2.91 bits per heavy atom. The third kappa shape index (κ3) is 3.01. The van der Waals surface area contributed by atoms with Crippen LogP contribution in [-0.2, 0) is 9.53 Å². The predicted octanol–water partition coefficient (Wildman–Crippen LogP) is 2.20. The van der Waals surface area contributed by atoms with Crippen LogP contribution in [0.5, 0.6) is 0 Å². The number of benzene rings is 1. The first-order valence-electron chi connectivity index (χ1n) is 7.91. The van der Waals surface area contributed by atoms with Gasteiger partial charge in [-0.3, -0.25) is 4.79 Å². The van der Waals surface area contributed by atoms with Crippen molar-refractivity contribution in [2.75, 3.05) is 19.7 Å². The number of aryl methyl sites for hydroxylation is 1. The SMILES string of the molecule is Cc1cc(C2CN(C(=O)C3CCCC3O)CCO2)ccc1F. The number of aliphatic hydroxyl groups is 1. The Hall–Kier alpha value is -1.46. The zero-order valence-corrected chi connectivity index (χ0v) is 12.8. The lowest BCUT2D eigenvalue weighted by Crippen LogP contribution is -2.46. The maximum atomic E-state index is 13.4. The van der Waals surface area contributed by atoms with Crippen LogP contribution in [0.4, 0.5) is 4.39 Å². The van der Waals surface area contributed by atoms with Gasteiger partial charge in [0, 0.05) is 6.54 Å². The van der Waals surface area contributed by atoms with Crippen LogP contribution in [0.1, 0.15) is 36.5 Å². The second-order valence-electron chi connectivity index (χ2n) is 6.26. The summed E-state index contributed by atoms with van der Waals surface area (Å²) in [5.74, 6) is -0.479. The van der Waals surface area contributed by atoms with Crippen molar-refractivity contribution in [1.29, 1.82) is 0 Å². The Morgan fingerprint density at radius 1 is 1.41 bits per heavy atom. The molecule has 0 aromatic heterocycles. The number of morpholine rings is 1. The lowest BCUT2D eigenvalue weighted by Gasteiger charge is -2.35. The second kappa shape index (κ2) is 6.34. The van der Waals surface area contributed by atoms with Gasteiger partial charge in [0.2, 0.25) is 5.91 Å². The Labute approximate surface area is 129 Å². The molecule has 3 atom stereocenters. The summed E-state index contributed by atoms with van der Waals surface area (Å²) in [6.45, 7) is 3.21. The fraction of sp³-hybridized carbons (Fsp3) is 0.588. The molecule has 5 heteroatoms. The highest BCUT2D eigenvalue weighted by atomic mass is 19.1. The Bertz CT molecular complexity index is 563. The summed E-state index contributed by atoms with van der Waals surface area (Å²) in [7, 11) is 0. The van der Waals surface area contributed by atoms with E-state index in [2.05, 4.69) is 0 Å². The van der Waals surface area contributed by atoms with Crippen molar-refractivity contribution in [2.24, 2.45) is 5.92 Å². The first-order valence-corrected chi connectivity index (χ1v) is 7.91.